The van der Waals surface area contributed by atoms with Crippen LogP contribution in [0.25, 0.3) is 11.3 Å². The molecule has 1 saturated carbocycles. The van der Waals surface area contributed by atoms with E-state index in [0.29, 0.717) is 36.7 Å². The van der Waals surface area contributed by atoms with Crippen molar-refractivity contribution in [3.05, 3.63) is 41.1 Å². The molecule has 1 aromatic carbocycles. The van der Waals surface area contributed by atoms with Gasteiger partial charge in [0.2, 0.25) is 5.91 Å². The average molecular weight is 406 g/mol. The number of hydrogen-bond donors (Lipinski definition) is 1. The number of aromatic nitrogens is 2. The van der Waals surface area contributed by atoms with Gasteiger partial charge in [-0.1, -0.05) is 19.1 Å². The van der Waals surface area contributed by atoms with Crippen LogP contribution >= 0.6 is 0 Å². The molecule has 1 N–H and O–H groups in total. The van der Waals surface area contributed by atoms with E-state index in [9.17, 15) is 9.59 Å². The lowest BCUT2D eigenvalue weighted by Crippen LogP contribution is -2.61. The lowest BCUT2D eigenvalue weighted by molar-refractivity contribution is -0.135. The van der Waals surface area contributed by atoms with E-state index in [-0.39, 0.29) is 23.9 Å². The highest BCUT2D eigenvalue weighted by Crippen LogP contribution is 2.46. The van der Waals surface area contributed by atoms with Crippen molar-refractivity contribution in [2.45, 2.75) is 58.0 Å². The predicted molar refractivity (Wildman–Crippen MR) is 113 cm³/mol. The van der Waals surface area contributed by atoms with E-state index in [1.54, 1.807) is 17.0 Å². The van der Waals surface area contributed by atoms with Crippen molar-refractivity contribution in [2.75, 3.05) is 13.1 Å². The minimum absolute atomic E-state index is 0.0195. The van der Waals surface area contributed by atoms with Crippen molar-refractivity contribution < 1.29 is 9.59 Å². The molecule has 1 aliphatic heterocycles. The summed E-state index contributed by atoms with van der Waals surface area (Å²) in [6.07, 6.45) is 2.59. The zero-order valence-corrected chi connectivity index (χ0v) is 17.7. The normalized spacial score (nSPS) is 16.3. The van der Waals surface area contributed by atoms with Gasteiger partial charge in [0, 0.05) is 36.7 Å². The van der Waals surface area contributed by atoms with Crippen LogP contribution in [-0.4, -0.2) is 45.6 Å². The zero-order valence-electron chi connectivity index (χ0n) is 17.7. The molecule has 2 fully saturated rings. The monoisotopic (exact) mass is 405 g/mol. The van der Waals surface area contributed by atoms with Gasteiger partial charge in [-0.25, -0.2) is 0 Å². The molecule has 2 heterocycles. The molecule has 2 amide bonds. The van der Waals surface area contributed by atoms with Crippen LogP contribution in [0.2, 0.25) is 0 Å². The highest BCUT2D eigenvalue weighted by Gasteiger charge is 2.38. The molecule has 30 heavy (non-hydrogen) atoms. The molecule has 2 aliphatic rings. The number of hydrogen-bond acceptors (Lipinski definition) is 4. The molecular weight excluding hydrogens is 378 g/mol. The van der Waals surface area contributed by atoms with E-state index in [1.807, 2.05) is 37.6 Å². The Hall–Kier alpha value is -3.14. The first-order chi connectivity index (χ1) is 14.4. The molecule has 4 rings (SSSR count). The Labute approximate surface area is 176 Å². The highest BCUT2D eigenvalue weighted by atomic mass is 16.2. The predicted octanol–water partition coefficient (Wildman–Crippen LogP) is 3.23. The van der Waals surface area contributed by atoms with Gasteiger partial charge in [0.05, 0.1) is 23.4 Å². The number of benzene rings is 1. The molecule has 1 saturated heterocycles. The Morgan fingerprint density at radius 1 is 1.23 bits per heavy atom. The molecule has 7 nitrogen and oxygen atoms in total. The summed E-state index contributed by atoms with van der Waals surface area (Å²) in [5.74, 6) is 0.338. The van der Waals surface area contributed by atoms with Gasteiger partial charge in [-0.05, 0) is 44.7 Å². The molecule has 156 valence electrons. The second-order valence-corrected chi connectivity index (χ2v) is 8.44. The van der Waals surface area contributed by atoms with Crippen LogP contribution < -0.4 is 5.32 Å². The van der Waals surface area contributed by atoms with Gasteiger partial charge < -0.3 is 10.2 Å². The fourth-order valence-electron chi connectivity index (χ4n) is 3.97. The number of nitriles is 1. The summed E-state index contributed by atoms with van der Waals surface area (Å²) in [6.45, 7) is 7.02. The van der Waals surface area contributed by atoms with E-state index >= 15 is 0 Å². The third-order valence-corrected chi connectivity index (χ3v) is 5.80. The van der Waals surface area contributed by atoms with Gasteiger partial charge in [0.25, 0.3) is 5.91 Å². The summed E-state index contributed by atoms with van der Waals surface area (Å²) in [7, 11) is 0. The Morgan fingerprint density at radius 3 is 2.43 bits per heavy atom. The summed E-state index contributed by atoms with van der Waals surface area (Å²) in [6, 6.07) is 9.53. The minimum Gasteiger partial charge on any atom is -0.344 e. The first-order valence-electron chi connectivity index (χ1n) is 10.6. The van der Waals surface area contributed by atoms with E-state index in [4.69, 9.17) is 10.4 Å². The minimum atomic E-state index is -0.119. The fraction of sp³-hybridized carbons (Fsp3) is 0.478. The van der Waals surface area contributed by atoms with Crippen LogP contribution in [0.5, 0.6) is 0 Å². The quantitative estimate of drug-likeness (QED) is 0.799. The standard InChI is InChI=1S/C23H27N5O2/c1-4-19(29)27-12-18(13-27)25-23(30)22-20(16-9-10-16)21(26-28(22)14(2)3)17-7-5-15(11-24)6-8-17/h5-8,14,16,18H,4,9-10,12-13H2,1-3H3,(H,25,30). The molecule has 1 aromatic heterocycles. The van der Waals surface area contributed by atoms with Crippen molar-refractivity contribution in [3.8, 4) is 17.3 Å². The summed E-state index contributed by atoms with van der Waals surface area (Å²) >= 11 is 0. The van der Waals surface area contributed by atoms with Crippen molar-refractivity contribution >= 4 is 11.8 Å². The van der Waals surface area contributed by atoms with Crippen LogP contribution in [-0.2, 0) is 4.79 Å². The molecule has 0 unspecified atom stereocenters. The summed E-state index contributed by atoms with van der Waals surface area (Å²) in [5, 5.41) is 17.0. The van der Waals surface area contributed by atoms with Crippen molar-refractivity contribution in [1.29, 1.82) is 5.26 Å². The number of carbonyl (C=O) groups is 2. The van der Waals surface area contributed by atoms with Crippen LogP contribution in [0, 0.1) is 11.3 Å². The van der Waals surface area contributed by atoms with Crippen LogP contribution in [0.3, 0.4) is 0 Å². The second-order valence-electron chi connectivity index (χ2n) is 8.44. The highest BCUT2D eigenvalue weighted by molar-refractivity contribution is 5.97. The number of amides is 2. The lowest BCUT2D eigenvalue weighted by Gasteiger charge is -2.39. The van der Waals surface area contributed by atoms with Gasteiger partial charge in [-0.3, -0.25) is 14.3 Å². The molecular formula is C23H27N5O2. The molecule has 2 aromatic rings. The number of likely N-dealkylation sites (tertiary alicyclic amines) is 1. The summed E-state index contributed by atoms with van der Waals surface area (Å²) in [4.78, 5) is 26.8. The summed E-state index contributed by atoms with van der Waals surface area (Å²) in [5.41, 5.74) is 3.99. The molecule has 0 bridgehead atoms. The maximum absolute atomic E-state index is 13.3. The average Bonchev–Trinajstić information content (AvgIpc) is 3.48. The van der Waals surface area contributed by atoms with Gasteiger partial charge in [0.1, 0.15) is 5.69 Å². The van der Waals surface area contributed by atoms with Crippen LogP contribution in [0.15, 0.2) is 24.3 Å². The second kappa shape index (κ2) is 7.94. The van der Waals surface area contributed by atoms with Crippen LogP contribution in [0.4, 0.5) is 0 Å². The number of nitrogens with one attached hydrogen (secondary N) is 1. The lowest BCUT2D eigenvalue weighted by atomic mass is 10.00. The van der Waals surface area contributed by atoms with E-state index < -0.39 is 0 Å². The first kappa shape index (κ1) is 20.1. The van der Waals surface area contributed by atoms with E-state index in [0.717, 1.165) is 29.7 Å². The van der Waals surface area contributed by atoms with Crippen molar-refractivity contribution in [3.63, 3.8) is 0 Å². The largest absolute Gasteiger partial charge is 0.344 e. The Bertz CT molecular complexity index is 1010. The Kier molecular flexibility index (Phi) is 5.33. The topological polar surface area (TPSA) is 91.0 Å². The summed E-state index contributed by atoms with van der Waals surface area (Å²) < 4.78 is 1.82. The van der Waals surface area contributed by atoms with E-state index in [1.165, 1.54) is 0 Å². The molecule has 0 spiro atoms. The SMILES string of the molecule is CCC(=O)N1CC(NC(=O)c2c(C3CC3)c(-c3ccc(C#N)cc3)nn2C(C)C)C1. The third kappa shape index (κ3) is 3.70. The molecule has 0 atom stereocenters. The number of rotatable bonds is 6. The molecule has 0 radical (unpaired) electrons. The van der Waals surface area contributed by atoms with Crippen molar-refractivity contribution in [2.24, 2.45) is 0 Å². The molecule has 1 aliphatic carbocycles. The molecule has 7 heteroatoms. The number of carbonyl (C=O) groups excluding carboxylic acids is 2. The fourth-order valence-corrected chi connectivity index (χ4v) is 3.97. The maximum Gasteiger partial charge on any atom is 0.270 e. The van der Waals surface area contributed by atoms with Crippen LogP contribution in [0.1, 0.15) is 73.6 Å². The Morgan fingerprint density at radius 2 is 1.90 bits per heavy atom. The maximum atomic E-state index is 13.3. The van der Waals surface area contributed by atoms with E-state index in [2.05, 4.69) is 11.4 Å². The van der Waals surface area contributed by atoms with Gasteiger partial charge in [-0.2, -0.15) is 10.4 Å². The zero-order chi connectivity index (χ0) is 21.4. The smallest absolute Gasteiger partial charge is 0.270 e. The van der Waals surface area contributed by atoms with Gasteiger partial charge >= 0.3 is 0 Å². The van der Waals surface area contributed by atoms with Gasteiger partial charge in [-0.15, -0.1) is 0 Å². The number of nitrogens with zero attached hydrogens (tertiary/aromatic N) is 4. The van der Waals surface area contributed by atoms with Crippen molar-refractivity contribution in [1.82, 2.24) is 20.0 Å². The van der Waals surface area contributed by atoms with Gasteiger partial charge in [0.15, 0.2) is 0 Å². The third-order valence-electron chi connectivity index (χ3n) is 5.80. The Balaban J connectivity index is 1.65. The first-order valence-corrected chi connectivity index (χ1v) is 10.6.